The van der Waals surface area contributed by atoms with Crippen LogP contribution in [-0.4, -0.2) is 17.8 Å². The third kappa shape index (κ3) is 2.04. The molecule has 1 aliphatic heterocycles. The average molecular weight is 202 g/mol. The SMILES string of the molecule is C#CCC(O)C1OCCc2ccccc21. The predicted octanol–water partition coefficient (Wildman–Crippen LogP) is 1.68. The molecule has 0 saturated heterocycles. The van der Waals surface area contributed by atoms with E-state index >= 15 is 0 Å². The van der Waals surface area contributed by atoms with Gasteiger partial charge in [0, 0.05) is 6.42 Å². The summed E-state index contributed by atoms with van der Waals surface area (Å²) in [5.74, 6) is 2.47. The molecular formula is C13H14O2. The van der Waals surface area contributed by atoms with Gasteiger partial charge >= 0.3 is 0 Å². The average Bonchev–Trinajstić information content (AvgIpc) is 2.28. The number of hydrogen-bond donors (Lipinski definition) is 1. The Morgan fingerprint density at radius 3 is 3.13 bits per heavy atom. The molecule has 1 aromatic rings. The van der Waals surface area contributed by atoms with Gasteiger partial charge in [-0.05, 0) is 17.5 Å². The zero-order valence-corrected chi connectivity index (χ0v) is 8.52. The quantitative estimate of drug-likeness (QED) is 0.739. The second kappa shape index (κ2) is 4.48. The van der Waals surface area contributed by atoms with Crippen molar-refractivity contribution in [1.82, 2.24) is 0 Å². The van der Waals surface area contributed by atoms with Gasteiger partial charge in [-0.25, -0.2) is 0 Å². The summed E-state index contributed by atoms with van der Waals surface area (Å²) in [6, 6.07) is 8.05. The zero-order valence-electron chi connectivity index (χ0n) is 8.52. The van der Waals surface area contributed by atoms with Crippen LogP contribution in [0, 0.1) is 12.3 Å². The molecule has 2 atom stereocenters. The van der Waals surface area contributed by atoms with E-state index in [-0.39, 0.29) is 6.10 Å². The molecule has 0 saturated carbocycles. The van der Waals surface area contributed by atoms with Crippen LogP contribution in [0.2, 0.25) is 0 Å². The highest BCUT2D eigenvalue weighted by Gasteiger charge is 2.26. The van der Waals surface area contributed by atoms with Crippen molar-refractivity contribution in [3.8, 4) is 12.3 Å². The number of rotatable bonds is 2. The maximum absolute atomic E-state index is 9.85. The van der Waals surface area contributed by atoms with Crippen molar-refractivity contribution in [2.24, 2.45) is 0 Å². The van der Waals surface area contributed by atoms with E-state index in [1.165, 1.54) is 5.56 Å². The summed E-state index contributed by atoms with van der Waals surface area (Å²) < 4.78 is 5.57. The maximum Gasteiger partial charge on any atom is 0.110 e. The van der Waals surface area contributed by atoms with Crippen molar-refractivity contribution >= 4 is 0 Å². The minimum absolute atomic E-state index is 0.258. The monoisotopic (exact) mass is 202 g/mol. The molecule has 2 nitrogen and oxygen atoms in total. The van der Waals surface area contributed by atoms with Gasteiger partial charge in [0.2, 0.25) is 0 Å². The summed E-state index contributed by atoms with van der Waals surface area (Å²) in [7, 11) is 0. The standard InChI is InChI=1S/C13H14O2/c1-2-5-12(14)13-11-7-4-3-6-10(11)8-9-15-13/h1,3-4,6-7,12-14H,5,8-9H2. The molecule has 1 aliphatic rings. The summed E-state index contributed by atoms with van der Waals surface area (Å²) in [6.45, 7) is 0.656. The number of benzene rings is 1. The minimum Gasteiger partial charge on any atom is -0.389 e. The molecule has 0 aliphatic carbocycles. The third-order valence-electron chi connectivity index (χ3n) is 2.71. The molecule has 0 spiro atoms. The highest BCUT2D eigenvalue weighted by atomic mass is 16.5. The predicted molar refractivity (Wildman–Crippen MR) is 58.3 cm³/mol. The molecule has 0 fully saturated rings. The summed E-state index contributed by atoms with van der Waals surface area (Å²) in [5, 5.41) is 9.85. The maximum atomic E-state index is 9.85. The first-order valence-electron chi connectivity index (χ1n) is 5.14. The van der Waals surface area contributed by atoms with Crippen LogP contribution in [0.15, 0.2) is 24.3 Å². The number of aliphatic hydroxyl groups excluding tert-OH is 1. The Kier molecular flexibility index (Phi) is 3.05. The molecule has 15 heavy (non-hydrogen) atoms. The normalized spacial score (nSPS) is 21.5. The molecule has 0 aromatic heterocycles. The van der Waals surface area contributed by atoms with Crippen molar-refractivity contribution in [2.75, 3.05) is 6.61 Å². The number of ether oxygens (including phenoxy) is 1. The molecule has 0 amide bonds. The fourth-order valence-electron chi connectivity index (χ4n) is 1.97. The van der Waals surface area contributed by atoms with Gasteiger partial charge in [-0.15, -0.1) is 12.3 Å². The van der Waals surface area contributed by atoms with E-state index in [0.29, 0.717) is 13.0 Å². The zero-order chi connectivity index (χ0) is 10.7. The molecule has 0 radical (unpaired) electrons. The Morgan fingerprint density at radius 2 is 2.33 bits per heavy atom. The van der Waals surface area contributed by atoms with Crippen LogP contribution < -0.4 is 0 Å². The second-order valence-electron chi connectivity index (χ2n) is 3.72. The highest BCUT2D eigenvalue weighted by Crippen LogP contribution is 2.30. The largest absolute Gasteiger partial charge is 0.389 e. The van der Waals surface area contributed by atoms with Crippen molar-refractivity contribution in [1.29, 1.82) is 0 Å². The van der Waals surface area contributed by atoms with E-state index in [1.54, 1.807) is 0 Å². The van der Waals surface area contributed by atoms with Gasteiger partial charge in [0.05, 0.1) is 12.7 Å². The van der Waals surface area contributed by atoms with E-state index in [9.17, 15) is 5.11 Å². The van der Waals surface area contributed by atoms with Crippen LogP contribution in [0.5, 0.6) is 0 Å². The van der Waals surface area contributed by atoms with Crippen molar-refractivity contribution in [3.63, 3.8) is 0 Å². The van der Waals surface area contributed by atoms with Crippen molar-refractivity contribution in [2.45, 2.75) is 25.0 Å². The number of fused-ring (bicyclic) bond motifs is 1. The molecule has 1 aromatic carbocycles. The fraction of sp³-hybridized carbons (Fsp3) is 0.385. The number of terminal acetylenes is 1. The molecule has 2 rings (SSSR count). The van der Waals surface area contributed by atoms with Gasteiger partial charge in [-0.2, -0.15) is 0 Å². The smallest absolute Gasteiger partial charge is 0.110 e. The fourth-order valence-corrected chi connectivity index (χ4v) is 1.97. The van der Waals surface area contributed by atoms with Crippen LogP contribution in [0.4, 0.5) is 0 Å². The Labute approximate surface area is 89.9 Å². The lowest BCUT2D eigenvalue weighted by Gasteiger charge is -2.28. The summed E-state index contributed by atoms with van der Waals surface area (Å²) in [5.41, 5.74) is 2.33. The Balaban J connectivity index is 2.26. The van der Waals surface area contributed by atoms with E-state index in [1.807, 2.05) is 18.2 Å². The second-order valence-corrected chi connectivity index (χ2v) is 3.72. The third-order valence-corrected chi connectivity index (χ3v) is 2.71. The first-order chi connectivity index (χ1) is 7.33. The minimum atomic E-state index is -0.601. The van der Waals surface area contributed by atoms with E-state index < -0.39 is 6.10 Å². The van der Waals surface area contributed by atoms with E-state index in [0.717, 1.165) is 12.0 Å². The van der Waals surface area contributed by atoms with Gasteiger partial charge in [-0.3, -0.25) is 0 Å². The van der Waals surface area contributed by atoms with Crippen LogP contribution in [0.25, 0.3) is 0 Å². The molecule has 78 valence electrons. The Hall–Kier alpha value is -1.30. The molecule has 2 heteroatoms. The van der Waals surface area contributed by atoms with Crippen LogP contribution >= 0.6 is 0 Å². The Morgan fingerprint density at radius 1 is 1.53 bits per heavy atom. The van der Waals surface area contributed by atoms with Gasteiger partial charge in [-0.1, -0.05) is 24.3 Å². The lowest BCUT2D eigenvalue weighted by molar-refractivity contribution is -0.0441. The molecule has 0 bridgehead atoms. The lowest BCUT2D eigenvalue weighted by Crippen LogP contribution is -2.26. The van der Waals surface area contributed by atoms with Crippen LogP contribution in [0.3, 0.4) is 0 Å². The van der Waals surface area contributed by atoms with Crippen LogP contribution in [0.1, 0.15) is 23.7 Å². The van der Waals surface area contributed by atoms with E-state index in [2.05, 4.69) is 12.0 Å². The lowest BCUT2D eigenvalue weighted by atomic mass is 9.93. The van der Waals surface area contributed by atoms with E-state index in [4.69, 9.17) is 11.2 Å². The van der Waals surface area contributed by atoms with Gasteiger partial charge in [0.25, 0.3) is 0 Å². The topological polar surface area (TPSA) is 29.5 Å². The summed E-state index contributed by atoms with van der Waals surface area (Å²) in [6.07, 6.45) is 5.58. The van der Waals surface area contributed by atoms with Crippen LogP contribution in [-0.2, 0) is 11.2 Å². The molecule has 1 N–H and O–H groups in total. The summed E-state index contributed by atoms with van der Waals surface area (Å²) >= 11 is 0. The highest BCUT2D eigenvalue weighted by molar-refractivity contribution is 5.31. The first-order valence-corrected chi connectivity index (χ1v) is 5.14. The van der Waals surface area contributed by atoms with Gasteiger partial charge in [0.15, 0.2) is 0 Å². The van der Waals surface area contributed by atoms with Gasteiger partial charge in [0.1, 0.15) is 6.10 Å². The summed E-state index contributed by atoms with van der Waals surface area (Å²) in [4.78, 5) is 0. The molecular weight excluding hydrogens is 188 g/mol. The molecule has 2 unspecified atom stereocenters. The van der Waals surface area contributed by atoms with Crippen molar-refractivity contribution < 1.29 is 9.84 Å². The number of aliphatic hydroxyl groups is 1. The first kappa shape index (κ1) is 10.2. The van der Waals surface area contributed by atoms with Gasteiger partial charge < -0.3 is 9.84 Å². The molecule has 1 heterocycles. The van der Waals surface area contributed by atoms with Crippen molar-refractivity contribution in [3.05, 3.63) is 35.4 Å². The number of hydrogen-bond acceptors (Lipinski definition) is 2. The Bertz CT molecular complexity index is 378.